The van der Waals surface area contributed by atoms with Crippen LogP contribution in [0.15, 0.2) is 152 Å². The molecule has 0 N–H and O–H groups in total. The van der Waals surface area contributed by atoms with Gasteiger partial charge in [-0.3, -0.25) is 0 Å². The molecule has 0 fully saturated rings. The molecule has 9 aromatic rings. The Bertz CT molecular complexity index is 2440. The smallest absolute Gasteiger partial charge is 0.160 e. The number of aromatic nitrogens is 3. The lowest BCUT2D eigenvalue weighted by Crippen LogP contribution is -1.95. The van der Waals surface area contributed by atoms with Crippen molar-refractivity contribution in [3.63, 3.8) is 0 Å². The molecular formula is C40H25N3S. The molecule has 3 aromatic heterocycles. The third-order valence-electron chi connectivity index (χ3n) is 8.42. The largest absolute Gasteiger partial charge is 0.309 e. The molecule has 9 rings (SSSR count). The van der Waals surface area contributed by atoms with Crippen LogP contribution >= 0.6 is 11.3 Å². The Morgan fingerprint density at radius 1 is 0.500 bits per heavy atom. The minimum atomic E-state index is 0.741. The third kappa shape index (κ3) is 3.89. The molecule has 0 saturated heterocycles. The first-order valence-corrected chi connectivity index (χ1v) is 15.6. The fourth-order valence-electron chi connectivity index (χ4n) is 6.45. The van der Waals surface area contributed by atoms with Gasteiger partial charge < -0.3 is 4.57 Å². The highest BCUT2D eigenvalue weighted by Gasteiger charge is 2.19. The van der Waals surface area contributed by atoms with Crippen LogP contribution in [0.5, 0.6) is 0 Å². The third-order valence-corrected chi connectivity index (χ3v) is 9.57. The van der Waals surface area contributed by atoms with E-state index in [-0.39, 0.29) is 0 Å². The van der Waals surface area contributed by atoms with Gasteiger partial charge in [-0.1, -0.05) is 121 Å². The van der Waals surface area contributed by atoms with E-state index in [4.69, 9.17) is 9.97 Å². The van der Waals surface area contributed by atoms with Crippen molar-refractivity contribution in [2.45, 2.75) is 0 Å². The van der Waals surface area contributed by atoms with Gasteiger partial charge in [0.15, 0.2) is 5.82 Å². The van der Waals surface area contributed by atoms with E-state index in [0.29, 0.717) is 0 Å². The molecule has 44 heavy (non-hydrogen) atoms. The fraction of sp³-hybridized carbons (Fsp3) is 0. The van der Waals surface area contributed by atoms with Crippen LogP contribution in [-0.2, 0) is 0 Å². The second kappa shape index (κ2) is 10.0. The van der Waals surface area contributed by atoms with Crippen LogP contribution in [0, 0.1) is 0 Å². The molecule has 0 saturated carbocycles. The summed E-state index contributed by atoms with van der Waals surface area (Å²) in [5.74, 6) is 0.741. The number of hydrogen-bond acceptors (Lipinski definition) is 3. The molecular weight excluding hydrogens is 555 g/mol. The molecule has 0 bridgehead atoms. The summed E-state index contributed by atoms with van der Waals surface area (Å²) in [7, 11) is 0. The van der Waals surface area contributed by atoms with Crippen molar-refractivity contribution >= 4 is 53.4 Å². The minimum Gasteiger partial charge on any atom is -0.309 e. The summed E-state index contributed by atoms with van der Waals surface area (Å²) in [6.07, 6.45) is 0. The van der Waals surface area contributed by atoms with Gasteiger partial charge in [-0.05, 0) is 41.5 Å². The topological polar surface area (TPSA) is 30.7 Å². The van der Waals surface area contributed by atoms with Crippen LogP contribution in [0.3, 0.4) is 0 Å². The maximum absolute atomic E-state index is 5.25. The predicted molar refractivity (Wildman–Crippen MR) is 186 cm³/mol. The van der Waals surface area contributed by atoms with E-state index in [9.17, 15) is 0 Å². The Kier molecular flexibility index (Phi) is 5.68. The number of rotatable bonds is 4. The van der Waals surface area contributed by atoms with Gasteiger partial charge in [0.05, 0.1) is 26.9 Å². The number of hydrogen-bond donors (Lipinski definition) is 0. The zero-order valence-electron chi connectivity index (χ0n) is 23.7. The van der Waals surface area contributed by atoms with E-state index in [2.05, 4.69) is 132 Å². The summed E-state index contributed by atoms with van der Waals surface area (Å²) in [5, 5.41) is 3.69. The molecule has 3 heterocycles. The van der Waals surface area contributed by atoms with Crippen LogP contribution in [0.4, 0.5) is 0 Å². The van der Waals surface area contributed by atoms with Gasteiger partial charge in [0.2, 0.25) is 0 Å². The predicted octanol–water partition coefficient (Wildman–Crippen LogP) is 10.9. The molecule has 0 amide bonds. The van der Waals surface area contributed by atoms with Gasteiger partial charge in [0.1, 0.15) is 0 Å². The highest BCUT2D eigenvalue weighted by atomic mass is 32.1. The lowest BCUT2D eigenvalue weighted by molar-refractivity contribution is 1.18. The van der Waals surface area contributed by atoms with Crippen molar-refractivity contribution in [1.29, 1.82) is 0 Å². The summed E-state index contributed by atoms with van der Waals surface area (Å²) >= 11 is 1.77. The molecule has 206 valence electrons. The average molecular weight is 580 g/mol. The first-order valence-electron chi connectivity index (χ1n) is 14.8. The van der Waals surface area contributed by atoms with Crippen molar-refractivity contribution in [2.75, 3.05) is 0 Å². The minimum absolute atomic E-state index is 0.741. The van der Waals surface area contributed by atoms with E-state index >= 15 is 0 Å². The van der Waals surface area contributed by atoms with Crippen molar-refractivity contribution in [3.05, 3.63) is 152 Å². The van der Waals surface area contributed by atoms with E-state index in [1.54, 1.807) is 11.3 Å². The van der Waals surface area contributed by atoms with Crippen molar-refractivity contribution in [1.82, 2.24) is 14.5 Å². The fourth-order valence-corrected chi connectivity index (χ4v) is 7.63. The van der Waals surface area contributed by atoms with Crippen LogP contribution in [0.2, 0.25) is 0 Å². The molecule has 0 spiro atoms. The van der Waals surface area contributed by atoms with E-state index in [1.165, 1.54) is 37.5 Å². The highest BCUT2D eigenvalue weighted by molar-refractivity contribution is 7.26. The second-order valence-electron chi connectivity index (χ2n) is 11.0. The number of para-hydroxylation sites is 2. The van der Waals surface area contributed by atoms with Gasteiger partial charge >= 0.3 is 0 Å². The molecule has 0 aliphatic carbocycles. The molecule has 3 nitrogen and oxygen atoms in total. The summed E-state index contributed by atoms with van der Waals surface area (Å²) in [5.41, 5.74) is 9.96. The zero-order chi connectivity index (χ0) is 29.0. The first-order chi connectivity index (χ1) is 21.8. The number of nitrogens with zero attached hydrogens (tertiary/aromatic N) is 3. The lowest BCUT2D eigenvalue weighted by Gasteiger charge is -2.11. The molecule has 0 unspecified atom stereocenters. The molecule has 0 radical (unpaired) electrons. The Labute approximate surface area is 258 Å². The Morgan fingerprint density at radius 3 is 1.84 bits per heavy atom. The Balaban J connectivity index is 1.31. The van der Waals surface area contributed by atoms with Crippen LogP contribution in [0.25, 0.3) is 81.6 Å². The molecule has 4 heteroatoms. The van der Waals surface area contributed by atoms with Gasteiger partial charge in [0.25, 0.3) is 0 Å². The molecule has 0 aliphatic rings. The van der Waals surface area contributed by atoms with Crippen LogP contribution < -0.4 is 0 Å². The lowest BCUT2D eigenvalue weighted by atomic mass is 10.00. The normalized spacial score (nSPS) is 11.6. The highest BCUT2D eigenvalue weighted by Crippen LogP contribution is 2.44. The first kappa shape index (κ1) is 25.0. The standard InChI is InChI=1S/C40H25N3S/c1-3-13-26(14-4-1)37-39-38(42-40(41-37)27-15-5-2-6-16-27)36-30(21-12-24-35(36)44-39)28-17-11-18-29(25-28)43-33-22-9-7-19-31(33)32-20-8-10-23-34(32)43/h1-25H. The molecule has 0 atom stereocenters. The van der Waals surface area contributed by atoms with E-state index < -0.39 is 0 Å². The Hall–Kier alpha value is -5.58. The number of benzene rings is 6. The molecule has 0 aliphatic heterocycles. The number of thiophene rings is 1. The number of fused-ring (bicyclic) bond motifs is 6. The van der Waals surface area contributed by atoms with Crippen molar-refractivity contribution < 1.29 is 0 Å². The monoisotopic (exact) mass is 579 g/mol. The average Bonchev–Trinajstić information content (AvgIpc) is 3.65. The van der Waals surface area contributed by atoms with Gasteiger partial charge in [-0.2, -0.15) is 0 Å². The van der Waals surface area contributed by atoms with Gasteiger partial charge in [-0.15, -0.1) is 11.3 Å². The summed E-state index contributed by atoms with van der Waals surface area (Å²) in [4.78, 5) is 10.4. The van der Waals surface area contributed by atoms with Gasteiger partial charge in [-0.25, -0.2) is 9.97 Å². The van der Waals surface area contributed by atoms with Crippen LogP contribution in [0.1, 0.15) is 0 Å². The summed E-state index contributed by atoms with van der Waals surface area (Å²) in [6, 6.07) is 53.6. The van der Waals surface area contributed by atoms with Gasteiger partial charge in [0, 0.05) is 37.7 Å². The zero-order valence-corrected chi connectivity index (χ0v) is 24.5. The van der Waals surface area contributed by atoms with Crippen molar-refractivity contribution in [2.24, 2.45) is 0 Å². The summed E-state index contributed by atoms with van der Waals surface area (Å²) in [6.45, 7) is 0. The van der Waals surface area contributed by atoms with E-state index in [0.717, 1.165) is 44.1 Å². The van der Waals surface area contributed by atoms with E-state index in [1.807, 2.05) is 24.3 Å². The Morgan fingerprint density at radius 2 is 1.11 bits per heavy atom. The summed E-state index contributed by atoms with van der Waals surface area (Å²) < 4.78 is 4.69. The van der Waals surface area contributed by atoms with Crippen molar-refractivity contribution in [3.8, 4) is 39.5 Å². The molecule has 6 aromatic carbocycles. The maximum Gasteiger partial charge on any atom is 0.160 e. The quantitative estimate of drug-likeness (QED) is 0.208. The van der Waals surface area contributed by atoms with Crippen LogP contribution in [-0.4, -0.2) is 14.5 Å². The second-order valence-corrected chi connectivity index (χ2v) is 12.1. The maximum atomic E-state index is 5.25. The SMILES string of the molecule is c1ccc(-c2nc(-c3ccccc3)c3sc4cccc(-c5cccc(-n6c7ccccc7c7ccccc76)c5)c4c3n2)cc1.